The Morgan fingerprint density at radius 3 is 2.50 bits per heavy atom. The van der Waals surface area contributed by atoms with Crippen LogP contribution in [0.2, 0.25) is 5.02 Å². The fourth-order valence-electron chi connectivity index (χ4n) is 2.40. The average Bonchev–Trinajstić information content (AvgIpc) is 2.56. The molecule has 1 aliphatic heterocycles. The number of aryl methyl sites for hydroxylation is 2. The van der Waals surface area contributed by atoms with Gasteiger partial charge in [-0.25, -0.2) is 0 Å². The number of anilines is 2. The molecule has 0 radical (unpaired) electrons. The van der Waals surface area contributed by atoms with Crippen LogP contribution >= 0.6 is 11.6 Å². The van der Waals surface area contributed by atoms with Crippen LogP contribution in [0.4, 0.5) is 11.4 Å². The second kappa shape index (κ2) is 7.01. The van der Waals surface area contributed by atoms with E-state index < -0.39 is 0 Å². The van der Waals surface area contributed by atoms with Gasteiger partial charge in [0.15, 0.2) is 11.5 Å². The van der Waals surface area contributed by atoms with Gasteiger partial charge in [0.05, 0.1) is 17.3 Å². The summed E-state index contributed by atoms with van der Waals surface area (Å²) in [5, 5.41) is 6.38. The fourth-order valence-corrected chi connectivity index (χ4v) is 2.62. The van der Waals surface area contributed by atoms with Crippen LogP contribution in [-0.2, 0) is 4.79 Å². The van der Waals surface area contributed by atoms with Gasteiger partial charge in [0.2, 0.25) is 5.91 Å². The minimum Gasteiger partial charge on any atom is -0.486 e. The molecule has 0 saturated heterocycles. The second-order valence-electron chi connectivity index (χ2n) is 5.68. The lowest BCUT2D eigenvalue weighted by atomic mass is 10.1. The van der Waals surface area contributed by atoms with Crippen LogP contribution in [0, 0.1) is 13.8 Å². The quantitative estimate of drug-likeness (QED) is 0.884. The first-order valence-corrected chi connectivity index (χ1v) is 8.11. The maximum absolute atomic E-state index is 12.1. The van der Waals surface area contributed by atoms with Gasteiger partial charge in [-0.05, 0) is 37.1 Å². The average molecular weight is 347 g/mol. The number of ether oxygens (including phenoxy) is 2. The molecular weight excluding hydrogens is 328 g/mol. The Balaban J connectivity index is 1.62. The van der Waals surface area contributed by atoms with E-state index in [1.54, 1.807) is 12.1 Å². The van der Waals surface area contributed by atoms with Crippen molar-refractivity contribution in [2.45, 2.75) is 13.8 Å². The third-order valence-corrected chi connectivity index (χ3v) is 4.17. The molecule has 5 nitrogen and oxygen atoms in total. The van der Waals surface area contributed by atoms with Crippen molar-refractivity contribution >= 4 is 28.9 Å². The molecule has 0 aromatic heterocycles. The number of carbonyl (C=O) groups excluding carboxylic acids is 1. The van der Waals surface area contributed by atoms with Gasteiger partial charge in [-0.1, -0.05) is 17.7 Å². The zero-order chi connectivity index (χ0) is 17.1. The van der Waals surface area contributed by atoms with Crippen LogP contribution < -0.4 is 20.1 Å². The van der Waals surface area contributed by atoms with E-state index in [4.69, 9.17) is 21.1 Å². The molecule has 1 amide bonds. The lowest BCUT2D eigenvalue weighted by Gasteiger charge is -2.20. The number of rotatable bonds is 4. The Morgan fingerprint density at radius 2 is 1.79 bits per heavy atom. The molecule has 1 heterocycles. The van der Waals surface area contributed by atoms with E-state index in [0.29, 0.717) is 35.4 Å². The molecule has 0 aliphatic carbocycles. The highest BCUT2D eigenvalue weighted by Crippen LogP contribution is 2.37. The third-order valence-electron chi connectivity index (χ3n) is 3.86. The van der Waals surface area contributed by atoms with Crippen molar-refractivity contribution in [3.63, 3.8) is 0 Å². The van der Waals surface area contributed by atoms with Gasteiger partial charge in [-0.15, -0.1) is 0 Å². The predicted molar refractivity (Wildman–Crippen MR) is 95.5 cm³/mol. The summed E-state index contributed by atoms with van der Waals surface area (Å²) in [6, 6.07) is 9.26. The van der Waals surface area contributed by atoms with Crippen LogP contribution in [0.5, 0.6) is 11.5 Å². The number of hydrogen-bond acceptors (Lipinski definition) is 4. The van der Waals surface area contributed by atoms with E-state index in [2.05, 4.69) is 10.6 Å². The summed E-state index contributed by atoms with van der Waals surface area (Å²) >= 11 is 6.21. The van der Waals surface area contributed by atoms with Gasteiger partial charge >= 0.3 is 0 Å². The van der Waals surface area contributed by atoms with E-state index in [9.17, 15) is 4.79 Å². The SMILES string of the molecule is Cc1ccc(NC(=O)CNc2cc3c(cc2Cl)OCCO3)cc1C. The first-order chi connectivity index (χ1) is 11.5. The summed E-state index contributed by atoms with van der Waals surface area (Å²) in [5.41, 5.74) is 3.74. The molecule has 24 heavy (non-hydrogen) atoms. The topological polar surface area (TPSA) is 59.6 Å². The lowest BCUT2D eigenvalue weighted by molar-refractivity contribution is -0.114. The largest absolute Gasteiger partial charge is 0.486 e. The number of benzene rings is 2. The Hall–Kier alpha value is -2.40. The summed E-state index contributed by atoms with van der Waals surface area (Å²) in [6.45, 7) is 5.16. The third kappa shape index (κ3) is 3.74. The minimum absolute atomic E-state index is 0.103. The molecule has 1 aliphatic rings. The van der Waals surface area contributed by atoms with Gasteiger partial charge < -0.3 is 20.1 Å². The van der Waals surface area contributed by atoms with Gasteiger partial charge in [0.25, 0.3) is 0 Å². The molecule has 126 valence electrons. The summed E-state index contributed by atoms with van der Waals surface area (Å²) < 4.78 is 11.0. The van der Waals surface area contributed by atoms with Crippen LogP contribution in [0.3, 0.4) is 0 Å². The number of halogens is 1. The molecule has 2 aromatic rings. The van der Waals surface area contributed by atoms with E-state index >= 15 is 0 Å². The molecule has 0 spiro atoms. The zero-order valence-corrected chi connectivity index (χ0v) is 14.4. The van der Waals surface area contributed by atoms with Crippen molar-refractivity contribution in [2.75, 3.05) is 30.4 Å². The molecule has 0 unspecified atom stereocenters. The highest BCUT2D eigenvalue weighted by Gasteiger charge is 2.15. The molecule has 0 bridgehead atoms. The molecule has 2 N–H and O–H groups in total. The first kappa shape index (κ1) is 16.5. The number of fused-ring (bicyclic) bond motifs is 1. The van der Waals surface area contributed by atoms with E-state index in [-0.39, 0.29) is 12.5 Å². The number of nitrogens with one attached hydrogen (secondary N) is 2. The fraction of sp³-hybridized carbons (Fsp3) is 0.278. The van der Waals surface area contributed by atoms with Crippen molar-refractivity contribution < 1.29 is 14.3 Å². The zero-order valence-electron chi connectivity index (χ0n) is 13.6. The Morgan fingerprint density at radius 1 is 1.08 bits per heavy atom. The van der Waals surface area contributed by atoms with Gasteiger partial charge in [-0.2, -0.15) is 0 Å². The molecule has 3 rings (SSSR count). The van der Waals surface area contributed by atoms with Gasteiger partial charge in [0.1, 0.15) is 13.2 Å². The van der Waals surface area contributed by atoms with Crippen molar-refractivity contribution in [3.05, 3.63) is 46.5 Å². The minimum atomic E-state index is -0.149. The molecular formula is C18H19ClN2O3. The standard InChI is InChI=1S/C18H19ClN2O3/c1-11-3-4-13(7-12(11)2)21-18(22)10-20-15-9-17-16(8-14(15)19)23-5-6-24-17/h3-4,7-9,20H,5-6,10H2,1-2H3,(H,21,22). The van der Waals surface area contributed by atoms with E-state index in [1.165, 1.54) is 5.56 Å². The van der Waals surface area contributed by atoms with E-state index in [1.807, 2.05) is 32.0 Å². The Labute approximate surface area is 145 Å². The van der Waals surface area contributed by atoms with Crippen LogP contribution in [0.1, 0.15) is 11.1 Å². The molecule has 2 aromatic carbocycles. The lowest BCUT2D eigenvalue weighted by Crippen LogP contribution is -2.22. The smallest absolute Gasteiger partial charge is 0.243 e. The predicted octanol–water partition coefficient (Wildman–Crippen LogP) is 3.78. The number of carbonyl (C=O) groups is 1. The second-order valence-corrected chi connectivity index (χ2v) is 6.08. The highest BCUT2D eigenvalue weighted by atomic mass is 35.5. The van der Waals surface area contributed by atoms with Gasteiger partial charge in [0, 0.05) is 17.8 Å². The molecule has 0 fully saturated rings. The maximum atomic E-state index is 12.1. The Kier molecular flexibility index (Phi) is 4.81. The summed E-state index contributed by atoms with van der Waals surface area (Å²) in [5.74, 6) is 1.10. The maximum Gasteiger partial charge on any atom is 0.243 e. The summed E-state index contributed by atoms with van der Waals surface area (Å²) in [4.78, 5) is 12.1. The van der Waals surface area contributed by atoms with Crippen LogP contribution in [0.15, 0.2) is 30.3 Å². The normalized spacial score (nSPS) is 12.6. The Bertz CT molecular complexity index is 777. The number of amides is 1. The highest BCUT2D eigenvalue weighted by molar-refractivity contribution is 6.33. The number of hydrogen-bond donors (Lipinski definition) is 2. The molecule has 0 saturated carbocycles. The van der Waals surface area contributed by atoms with E-state index in [0.717, 1.165) is 11.3 Å². The van der Waals surface area contributed by atoms with Crippen LogP contribution in [-0.4, -0.2) is 25.7 Å². The summed E-state index contributed by atoms with van der Waals surface area (Å²) in [6.07, 6.45) is 0. The van der Waals surface area contributed by atoms with Crippen molar-refractivity contribution in [3.8, 4) is 11.5 Å². The monoisotopic (exact) mass is 346 g/mol. The molecule has 6 heteroatoms. The van der Waals surface area contributed by atoms with Crippen molar-refractivity contribution in [2.24, 2.45) is 0 Å². The molecule has 0 atom stereocenters. The summed E-state index contributed by atoms with van der Waals surface area (Å²) in [7, 11) is 0. The van der Waals surface area contributed by atoms with Crippen molar-refractivity contribution in [1.29, 1.82) is 0 Å². The first-order valence-electron chi connectivity index (χ1n) is 7.73. The van der Waals surface area contributed by atoms with Crippen LogP contribution in [0.25, 0.3) is 0 Å². The van der Waals surface area contributed by atoms with Gasteiger partial charge in [-0.3, -0.25) is 4.79 Å². The van der Waals surface area contributed by atoms with Crippen molar-refractivity contribution in [1.82, 2.24) is 0 Å².